The zero-order valence-electron chi connectivity index (χ0n) is 20.9. The number of hydrogen-bond donors (Lipinski definition) is 1. The van der Waals surface area contributed by atoms with Crippen LogP contribution in [-0.4, -0.2) is 22.5 Å². The van der Waals surface area contributed by atoms with Gasteiger partial charge in [0.2, 0.25) is 0 Å². The van der Waals surface area contributed by atoms with Gasteiger partial charge in [0.1, 0.15) is 23.0 Å². The molecule has 4 rings (SSSR count). The lowest BCUT2D eigenvalue weighted by molar-refractivity contribution is -0.234. The van der Waals surface area contributed by atoms with Crippen LogP contribution >= 0.6 is 23.0 Å². The molecule has 0 unspecified atom stereocenters. The summed E-state index contributed by atoms with van der Waals surface area (Å²) in [4.78, 5) is 0. The van der Waals surface area contributed by atoms with Crippen LogP contribution in [0.1, 0.15) is 98.8 Å². The van der Waals surface area contributed by atoms with Gasteiger partial charge in [0.25, 0.3) is 0 Å². The lowest BCUT2D eigenvalue weighted by Gasteiger charge is -2.59. The summed E-state index contributed by atoms with van der Waals surface area (Å²) in [7, 11) is 0. The molecule has 9 atom stereocenters. The first kappa shape index (κ1) is 26.2. The molecule has 0 spiro atoms. The molecule has 4 aliphatic carbocycles. The molecule has 0 radical (unpaired) electrons. The Labute approximate surface area is 212 Å². The molecule has 0 aromatic carbocycles. The van der Waals surface area contributed by atoms with E-state index in [1.807, 2.05) is 6.92 Å². The van der Waals surface area contributed by atoms with Crippen LogP contribution in [0.25, 0.3) is 0 Å². The highest BCUT2D eigenvalue weighted by atomic mass is 127. The Bertz CT molecular complexity index is 780. The van der Waals surface area contributed by atoms with Crippen molar-refractivity contribution in [3.63, 3.8) is 0 Å². The normalized spacial score (nSPS) is 45.9. The van der Waals surface area contributed by atoms with Crippen molar-refractivity contribution in [2.45, 2.75) is 116 Å². The van der Waals surface area contributed by atoms with Crippen LogP contribution in [0.2, 0.25) is 0 Å². The second kappa shape index (κ2) is 8.64. The molecule has 0 aromatic heterocycles. The highest BCUT2D eigenvalue weighted by molar-refractivity contribution is 14.1. The highest BCUT2D eigenvalue weighted by Crippen LogP contribution is 2.67. The number of halogens is 4. The van der Waals surface area contributed by atoms with Gasteiger partial charge < -0.3 is 5.11 Å². The number of fused-ring (bicyclic) bond motifs is 5. The number of hydrogen-bond acceptors (Lipinski definition) is 2. The third-order valence-electron chi connectivity index (χ3n) is 11.0. The van der Waals surface area contributed by atoms with Gasteiger partial charge in [0.15, 0.2) is 5.60 Å². The second-order valence-corrected chi connectivity index (χ2v) is 13.4. The molecule has 2 nitrogen and oxygen atoms in total. The number of allylic oxidation sites excluding steroid dienone is 1. The first-order valence-corrected chi connectivity index (χ1v) is 13.8. The minimum atomic E-state index is -4.35. The van der Waals surface area contributed by atoms with E-state index in [9.17, 15) is 18.3 Å². The van der Waals surface area contributed by atoms with E-state index >= 15 is 0 Å². The van der Waals surface area contributed by atoms with E-state index in [0.717, 1.165) is 32.1 Å². The molecule has 33 heavy (non-hydrogen) atoms. The number of aliphatic hydroxyl groups is 1. The van der Waals surface area contributed by atoms with Crippen LogP contribution in [0.3, 0.4) is 0 Å². The zero-order valence-corrected chi connectivity index (χ0v) is 23.1. The summed E-state index contributed by atoms with van der Waals surface area (Å²) in [6.07, 6.45) is 7.32. The van der Waals surface area contributed by atoms with Crippen molar-refractivity contribution in [1.29, 1.82) is 0 Å². The Morgan fingerprint density at radius 1 is 1.12 bits per heavy atom. The molecule has 0 heterocycles. The Hall–Kier alpha value is 0.180. The van der Waals surface area contributed by atoms with E-state index in [4.69, 9.17) is 3.07 Å². The predicted molar refractivity (Wildman–Crippen MR) is 134 cm³/mol. The van der Waals surface area contributed by atoms with E-state index in [1.54, 1.807) is 0 Å². The molecule has 6 heteroatoms. The topological polar surface area (TPSA) is 29.5 Å². The minimum absolute atomic E-state index is 0.0218. The van der Waals surface area contributed by atoms with E-state index in [2.05, 4.69) is 26.8 Å². The summed E-state index contributed by atoms with van der Waals surface area (Å²) in [5.74, 6) is 2.77. The molecule has 0 bridgehead atoms. The third-order valence-corrected chi connectivity index (χ3v) is 12.0. The van der Waals surface area contributed by atoms with Gasteiger partial charge in [-0.3, -0.25) is 3.07 Å². The van der Waals surface area contributed by atoms with Crippen molar-refractivity contribution in [1.82, 2.24) is 0 Å². The first-order chi connectivity index (χ1) is 15.2. The summed E-state index contributed by atoms with van der Waals surface area (Å²) < 4.78 is 45.5. The summed E-state index contributed by atoms with van der Waals surface area (Å²) >= 11 is 1.42. The van der Waals surface area contributed by atoms with Crippen LogP contribution in [-0.2, 0) is 3.07 Å². The highest BCUT2D eigenvalue weighted by Gasteiger charge is 2.60. The maximum Gasteiger partial charge on any atom is 0.418 e. The molecule has 0 aromatic rings. The van der Waals surface area contributed by atoms with Crippen molar-refractivity contribution in [2.75, 3.05) is 0 Å². The van der Waals surface area contributed by atoms with Gasteiger partial charge in [-0.15, -0.1) is 0 Å². The van der Waals surface area contributed by atoms with Gasteiger partial charge in [0, 0.05) is 0 Å². The quantitative estimate of drug-likeness (QED) is 0.261. The molecule has 1 N–H and O–H groups in total. The summed E-state index contributed by atoms with van der Waals surface area (Å²) in [5, 5.41) is 10.7. The number of alkyl halides is 3. The lowest BCUT2D eigenvalue weighted by Crippen LogP contribution is -2.52. The zero-order chi connectivity index (χ0) is 24.4. The molecule has 0 aliphatic heterocycles. The molecule has 3 saturated carbocycles. The van der Waals surface area contributed by atoms with Gasteiger partial charge in [-0.2, -0.15) is 13.2 Å². The van der Waals surface area contributed by atoms with Crippen molar-refractivity contribution in [2.24, 2.45) is 40.4 Å². The van der Waals surface area contributed by atoms with Crippen molar-refractivity contribution >= 4 is 23.0 Å². The van der Waals surface area contributed by atoms with Crippen LogP contribution in [0.5, 0.6) is 0 Å². The second-order valence-electron chi connectivity index (χ2n) is 13.0. The maximum absolute atomic E-state index is 13.5. The number of rotatable bonds is 5. The van der Waals surface area contributed by atoms with Crippen molar-refractivity contribution < 1.29 is 21.3 Å². The van der Waals surface area contributed by atoms with Crippen molar-refractivity contribution in [3.05, 3.63) is 11.6 Å². The van der Waals surface area contributed by atoms with Gasteiger partial charge in [0.05, 0.1) is 5.60 Å². The van der Waals surface area contributed by atoms with Gasteiger partial charge in [-0.1, -0.05) is 32.4 Å². The summed E-state index contributed by atoms with van der Waals surface area (Å²) in [5.41, 5.74) is -0.719. The Balaban J connectivity index is 1.49. The van der Waals surface area contributed by atoms with E-state index in [1.165, 1.54) is 54.8 Å². The van der Waals surface area contributed by atoms with Crippen LogP contribution < -0.4 is 0 Å². The SMILES string of the molecule is C[C@H](CC[C@](C)(OI)C(F)(F)F)[C@H]1CC[C@H]2[C@@H]3CC=C4C[C@@](C)(O)CC[C@]4(C)[C@H]3CC[C@]12C. The van der Waals surface area contributed by atoms with Crippen molar-refractivity contribution in [3.8, 4) is 0 Å². The molecule has 190 valence electrons. The first-order valence-electron chi connectivity index (χ1n) is 13.0. The van der Waals surface area contributed by atoms with E-state index < -0.39 is 17.4 Å². The summed E-state index contributed by atoms with van der Waals surface area (Å²) in [6.45, 7) is 10.2. The van der Waals surface area contributed by atoms with Gasteiger partial charge >= 0.3 is 6.18 Å². The fraction of sp³-hybridized carbons (Fsp3) is 0.926. The fourth-order valence-corrected chi connectivity index (χ4v) is 9.18. The van der Waals surface area contributed by atoms with Gasteiger partial charge in [-0.05, 0) is 118 Å². The largest absolute Gasteiger partial charge is 0.418 e. The van der Waals surface area contributed by atoms with Crippen LogP contribution in [0.15, 0.2) is 11.6 Å². The smallest absolute Gasteiger partial charge is 0.390 e. The molecular weight excluding hydrogens is 540 g/mol. The predicted octanol–water partition coefficient (Wildman–Crippen LogP) is 8.42. The lowest BCUT2D eigenvalue weighted by atomic mass is 9.46. The standard InChI is InChI=1S/C27H42F3IO2/c1-17(10-13-26(5,33-31)27(28,29)30)20-8-9-21-19-7-6-18-16-23(2,32)14-15-24(18,3)22(19)11-12-25(20,21)4/h6,17,19-22,32H,7-16H2,1-5H3/t17-,19+,20-,21+,22+,23+,24+,25-,26+/m1/s1. The third kappa shape index (κ3) is 4.34. The van der Waals surface area contributed by atoms with E-state index in [0.29, 0.717) is 30.1 Å². The van der Waals surface area contributed by atoms with Gasteiger partial charge in [-0.25, -0.2) is 0 Å². The Kier molecular flexibility index (Phi) is 6.87. The summed E-state index contributed by atoms with van der Waals surface area (Å²) in [6, 6.07) is 0. The fourth-order valence-electron chi connectivity index (χ4n) is 8.71. The average Bonchev–Trinajstić information content (AvgIpc) is 3.08. The molecule has 0 amide bonds. The molecule has 3 fully saturated rings. The maximum atomic E-state index is 13.5. The van der Waals surface area contributed by atoms with Crippen LogP contribution in [0.4, 0.5) is 13.2 Å². The molecule has 0 saturated heterocycles. The Morgan fingerprint density at radius 2 is 1.82 bits per heavy atom. The molecule has 4 aliphatic rings. The van der Waals surface area contributed by atoms with E-state index in [-0.39, 0.29) is 23.2 Å². The van der Waals surface area contributed by atoms with Crippen LogP contribution in [0, 0.1) is 40.4 Å². The average molecular weight is 583 g/mol. The Morgan fingerprint density at radius 3 is 2.45 bits per heavy atom. The monoisotopic (exact) mass is 582 g/mol. The molecular formula is C27H42F3IO2. The minimum Gasteiger partial charge on any atom is -0.390 e.